The fourth-order valence-corrected chi connectivity index (χ4v) is 1.25. The Hall–Kier alpha value is -1.51. The van der Waals surface area contributed by atoms with E-state index in [1.807, 2.05) is 25.3 Å². The predicted octanol–water partition coefficient (Wildman–Crippen LogP) is 1.06. The zero-order valence-corrected chi connectivity index (χ0v) is 6.28. The minimum Gasteiger partial charge on any atom is -0.338 e. The summed E-state index contributed by atoms with van der Waals surface area (Å²) in [5.74, 6) is 5.63. The number of hydrogen-bond donors (Lipinski definition) is 1. The highest BCUT2D eigenvalue weighted by atomic mass is 15.3. The molecule has 0 aliphatic carbocycles. The molecule has 11 heavy (non-hydrogen) atoms. The van der Waals surface area contributed by atoms with Crippen molar-refractivity contribution in [1.82, 2.24) is 9.66 Å². The van der Waals surface area contributed by atoms with Crippen molar-refractivity contribution in [3.63, 3.8) is 0 Å². The molecule has 0 saturated heterocycles. The maximum Gasteiger partial charge on any atom is 0.158 e. The molecule has 0 aromatic carbocycles. The SMILES string of the molecule is Cc1cn(N)c2ncccc12. The van der Waals surface area contributed by atoms with Crippen LogP contribution in [0.1, 0.15) is 5.56 Å². The highest BCUT2D eigenvalue weighted by Crippen LogP contribution is 2.14. The summed E-state index contributed by atoms with van der Waals surface area (Å²) in [6, 6.07) is 3.93. The van der Waals surface area contributed by atoms with Gasteiger partial charge in [-0.05, 0) is 24.6 Å². The van der Waals surface area contributed by atoms with E-state index in [2.05, 4.69) is 4.98 Å². The van der Waals surface area contributed by atoms with Gasteiger partial charge >= 0.3 is 0 Å². The standard InChI is InChI=1S/C8H9N3/c1-6-5-11(9)8-7(6)3-2-4-10-8/h2-5H,9H2,1H3. The van der Waals surface area contributed by atoms with Crippen molar-refractivity contribution in [2.75, 3.05) is 5.84 Å². The third-order valence-corrected chi connectivity index (χ3v) is 1.79. The van der Waals surface area contributed by atoms with Crippen molar-refractivity contribution in [2.45, 2.75) is 6.92 Å². The van der Waals surface area contributed by atoms with Gasteiger partial charge in [0, 0.05) is 17.8 Å². The van der Waals surface area contributed by atoms with Crippen LogP contribution in [-0.2, 0) is 0 Å². The fraction of sp³-hybridized carbons (Fsp3) is 0.125. The van der Waals surface area contributed by atoms with Crippen LogP contribution in [0, 0.1) is 6.92 Å². The first-order valence-corrected chi connectivity index (χ1v) is 3.47. The van der Waals surface area contributed by atoms with Crippen molar-refractivity contribution >= 4 is 11.0 Å². The van der Waals surface area contributed by atoms with Gasteiger partial charge in [-0.3, -0.25) is 4.68 Å². The maximum absolute atomic E-state index is 5.63. The lowest BCUT2D eigenvalue weighted by molar-refractivity contribution is 1.03. The Morgan fingerprint density at radius 2 is 2.36 bits per heavy atom. The summed E-state index contributed by atoms with van der Waals surface area (Å²) in [4.78, 5) is 4.14. The van der Waals surface area contributed by atoms with Gasteiger partial charge in [-0.1, -0.05) is 0 Å². The molecule has 2 N–H and O–H groups in total. The largest absolute Gasteiger partial charge is 0.338 e. The summed E-state index contributed by atoms with van der Waals surface area (Å²) >= 11 is 0. The molecule has 0 radical (unpaired) electrons. The molecule has 2 aromatic heterocycles. The van der Waals surface area contributed by atoms with Gasteiger partial charge in [0.1, 0.15) is 0 Å². The molecule has 3 nitrogen and oxygen atoms in total. The molecular formula is C8H9N3. The number of nitrogens with zero attached hydrogens (tertiary/aromatic N) is 2. The highest BCUT2D eigenvalue weighted by Gasteiger charge is 2.01. The Balaban J connectivity index is 2.95. The molecule has 0 amide bonds. The number of aryl methyl sites for hydroxylation is 1. The first-order valence-electron chi connectivity index (χ1n) is 3.47. The van der Waals surface area contributed by atoms with Gasteiger partial charge in [-0.2, -0.15) is 0 Å². The van der Waals surface area contributed by atoms with Crippen LogP contribution in [0.15, 0.2) is 24.5 Å². The van der Waals surface area contributed by atoms with E-state index in [0.717, 1.165) is 16.6 Å². The van der Waals surface area contributed by atoms with Crippen LogP contribution in [0.5, 0.6) is 0 Å². The van der Waals surface area contributed by atoms with Gasteiger partial charge in [-0.25, -0.2) is 4.98 Å². The molecular weight excluding hydrogens is 138 g/mol. The molecule has 0 saturated carbocycles. The van der Waals surface area contributed by atoms with E-state index in [9.17, 15) is 0 Å². The van der Waals surface area contributed by atoms with E-state index in [4.69, 9.17) is 5.84 Å². The van der Waals surface area contributed by atoms with Crippen molar-refractivity contribution in [3.05, 3.63) is 30.1 Å². The van der Waals surface area contributed by atoms with Crippen LogP contribution >= 0.6 is 0 Å². The number of nitrogens with two attached hydrogens (primary N) is 1. The molecule has 0 aliphatic rings. The highest BCUT2D eigenvalue weighted by molar-refractivity contribution is 5.79. The lowest BCUT2D eigenvalue weighted by atomic mass is 10.2. The van der Waals surface area contributed by atoms with E-state index in [-0.39, 0.29) is 0 Å². The zero-order chi connectivity index (χ0) is 7.84. The number of fused-ring (bicyclic) bond motifs is 1. The molecule has 0 spiro atoms. The Kier molecular flexibility index (Phi) is 1.12. The van der Waals surface area contributed by atoms with Crippen LogP contribution in [0.4, 0.5) is 0 Å². The topological polar surface area (TPSA) is 43.8 Å². The van der Waals surface area contributed by atoms with Crippen LogP contribution in [-0.4, -0.2) is 9.66 Å². The molecule has 56 valence electrons. The Labute approximate surface area is 64.4 Å². The Morgan fingerprint density at radius 1 is 1.55 bits per heavy atom. The zero-order valence-electron chi connectivity index (χ0n) is 6.28. The second-order valence-electron chi connectivity index (χ2n) is 2.59. The van der Waals surface area contributed by atoms with E-state index < -0.39 is 0 Å². The second kappa shape index (κ2) is 1.99. The van der Waals surface area contributed by atoms with E-state index >= 15 is 0 Å². The van der Waals surface area contributed by atoms with Gasteiger partial charge in [0.05, 0.1) is 0 Å². The summed E-state index contributed by atoms with van der Waals surface area (Å²) in [5.41, 5.74) is 2.00. The van der Waals surface area contributed by atoms with Crippen LogP contribution < -0.4 is 5.84 Å². The first-order chi connectivity index (χ1) is 5.29. The minimum absolute atomic E-state index is 0.838. The lowest BCUT2D eigenvalue weighted by Gasteiger charge is -1.91. The third kappa shape index (κ3) is 0.774. The fourth-order valence-electron chi connectivity index (χ4n) is 1.25. The van der Waals surface area contributed by atoms with E-state index in [1.54, 1.807) is 10.9 Å². The second-order valence-corrected chi connectivity index (χ2v) is 2.59. The van der Waals surface area contributed by atoms with Gasteiger partial charge < -0.3 is 5.84 Å². The summed E-state index contributed by atoms with van der Waals surface area (Å²) in [7, 11) is 0. The quantitative estimate of drug-likeness (QED) is 0.566. The average molecular weight is 147 g/mol. The van der Waals surface area contributed by atoms with Crippen LogP contribution in [0.25, 0.3) is 11.0 Å². The summed E-state index contributed by atoms with van der Waals surface area (Å²) in [5, 5.41) is 1.12. The van der Waals surface area contributed by atoms with Crippen LogP contribution in [0.3, 0.4) is 0 Å². The molecule has 3 heteroatoms. The van der Waals surface area contributed by atoms with Crippen molar-refractivity contribution in [3.8, 4) is 0 Å². The third-order valence-electron chi connectivity index (χ3n) is 1.79. The first kappa shape index (κ1) is 6.22. The smallest absolute Gasteiger partial charge is 0.158 e. The van der Waals surface area contributed by atoms with Crippen molar-refractivity contribution < 1.29 is 0 Å². The molecule has 2 heterocycles. The average Bonchev–Trinajstić information content (AvgIpc) is 2.30. The molecule has 0 atom stereocenters. The summed E-state index contributed by atoms with van der Waals surface area (Å²) in [6.45, 7) is 2.02. The molecule has 2 aromatic rings. The van der Waals surface area contributed by atoms with E-state index in [0.29, 0.717) is 0 Å². The minimum atomic E-state index is 0.838. The number of hydrogen-bond acceptors (Lipinski definition) is 2. The number of pyridine rings is 1. The summed E-state index contributed by atoms with van der Waals surface area (Å²) in [6.07, 6.45) is 3.61. The molecule has 0 fully saturated rings. The normalized spacial score (nSPS) is 10.6. The molecule has 2 rings (SSSR count). The number of nitrogen functional groups attached to an aromatic ring is 1. The van der Waals surface area contributed by atoms with Gasteiger partial charge in [0.25, 0.3) is 0 Å². The monoisotopic (exact) mass is 147 g/mol. The van der Waals surface area contributed by atoms with Crippen LogP contribution in [0.2, 0.25) is 0 Å². The maximum atomic E-state index is 5.63. The molecule has 0 unspecified atom stereocenters. The Morgan fingerprint density at radius 3 is 3.09 bits per heavy atom. The molecule has 0 aliphatic heterocycles. The van der Waals surface area contributed by atoms with Gasteiger partial charge in [0.2, 0.25) is 0 Å². The van der Waals surface area contributed by atoms with Crippen molar-refractivity contribution in [1.29, 1.82) is 0 Å². The van der Waals surface area contributed by atoms with E-state index in [1.165, 1.54) is 0 Å². The predicted molar refractivity (Wildman–Crippen MR) is 44.6 cm³/mol. The Bertz CT molecular complexity index is 353. The van der Waals surface area contributed by atoms with Gasteiger partial charge in [-0.15, -0.1) is 0 Å². The molecule has 0 bridgehead atoms. The number of rotatable bonds is 0. The number of aromatic nitrogens is 2. The van der Waals surface area contributed by atoms with Crippen molar-refractivity contribution in [2.24, 2.45) is 0 Å². The summed E-state index contributed by atoms with van der Waals surface area (Å²) < 4.78 is 1.55. The van der Waals surface area contributed by atoms with Gasteiger partial charge in [0.15, 0.2) is 5.65 Å². The lowest BCUT2D eigenvalue weighted by Crippen LogP contribution is -2.05.